The highest BCUT2D eigenvalue weighted by atomic mass is 16.5. The van der Waals surface area contributed by atoms with Crippen LogP contribution in [0.3, 0.4) is 0 Å². The number of nitrogens with one attached hydrogen (secondary N) is 1. The average molecular weight is 296 g/mol. The highest BCUT2D eigenvalue weighted by Crippen LogP contribution is 2.31. The van der Waals surface area contributed by atoms with E-state index in [9.17, 15) is 20.4 Å². The quantitative estimate of drug-likeness (QED) is 0.297. The Morgan fingerprint density at radius 1 is 1.14 bits per heavy atom. The first-order chi connectivity index (χ1) is 9.97. The summed E-state index contributed by atoms with van der Waals surface area (Å²) in [5.41, 5.74) is 6.26. The lowest BCUT2D eigenvalue weighted by Gasteiger charge is -2.43. The highest BCUT2D eigenvalue weighted by molar-refractivity contribution is 5.85. The molecule has 116 valence electrons. The van der Waals surface area contributed by atoms with Gasteiger partial charge in [0.25, 0.3) is 0 Å². The Bertz CT molecular complexity index is 482. The molecule has 21 heavy (non-hydrogen) atoms. The van der Waals surface area contributed by atoms with E-state index in [0.717, 1.165) is 0 Å². The molecule has 7 heteroatoms. The van der Waals surface area contributed by atoms with Crippen LogP contribution < -0.4 is 5.73 Å². The molecule has 0 amide bonds. The normalized spacial score (nSPS) is 34.4. The Morgan fingerprint density at radius 2 is 1.76 bits per heavy atom. The summed E-state index contributed by atoms with van der Waals surface area (Å²) in [5, 5.41) is 46.7. The maximum absolute atomic E-state index is 10.1. The Balaban J connectivity index is 2.33. The summed E-state index contributed by atoms with van der Waals surface area (Å²) >= 11 is 0. The van der Waals surface area contributed by atoms with Gasteiger partial charge in [0, 0.05) is 0 Å². The Labute approximate surface area is 122 Å². The summed E-state index contributed by atoms with van der Waals surface area (Å²) in [6.45, 7) is -0.513. The van der Waals surface area contributed by atoms with E-state index in [0.29, 0.717) is 5.56 Å². The zero-order valence-electron chi connectivity index (χ0n) is 11.3. The lowest BCUT2D eigenvalue weighted by molar-refractivity contribution is -0.230. The molecule has 1 saturated heterocycles. The molecule has 1 aliphatic heterocycles. The summed E-state index contributed by atoms with van der Waals surface area (Å²) < 4.78 is 5.48. The molecular weight excluding hydrogens is 276 g/mol. The van der Waals surface area contributed by atoms with Crippen LogP contribution in [0.2, 0.25) is 0 Å². The third-order valence-corrected chi connectivity index (χ3v) is 3.75. The van der Waals surface area contributed by atoms with Gasteiger partial charge in [-0.25, -0.2) is 0 Å². The number of rotatable bonds is 4. The molecule has 2 rings (SSSR count). The van der Waals surface area contributed by atoms with E-state index < -0.39 is 43.0 Å². The van der Waals surface area contributed by atoms with Crippen molar-refractivity contribution >= 4 is 5.84 Å². The van der Waals surface area contributed by atoms with Crippen molar-refractivity contribution in [1.82, 2.24) is 0 Å². The van der Waals surface area contributed by atoms with E-state index in [1.54, 1.807) is 30.3 Å². The summed E-state index contributed by atoms with van der Waals surface area (Å²) in [4.78, 5) is 0. The van der Waals surface area contributed by atoms with E-state index in [2.05, 4.69) is 0 Å². The molecule has 0 spiro atoms. The molecule has 1 aromatic rings. The Hall–Kier alpha value is -1.51. The molecule has 1 unspecified atom stereocenters. The first kappa shape index (κ1) is 15.9. The number of aliphatic hydroxyl groups excluding tert-OH is 4. The minimum atomic E-state index is -1.48. The lowest BCUT2D eigenvalue weighted by atomic mass is 9.83. The van der Waals surface area contributed by atoms with Crippen LogP contribution in [-0.4, -0.2) is 63.4 Å². The van der Waals surface area contributed by atoms with Crippen molar-refractivity contribution < 1.29 is 25.2 Å². The third kappa shape index (κ3) is 3.07. The van der Waals surface area contributed by atoms with E-state index in [4.69, 9.17) is 15.9 Å². The summed E-state index contributed by atoms with van der Waals surface area (Å²) in [6, 6.07) is 8.78. The third-order valence-electron chi connectivity index (χ3n) is 3.75. The number of ether oxygens (including phenoxy) is 1. The molecule has 6 atom stereocenters. The number of amidine groups is 1. The van der Waals surface area contributed by atoms with Gasteiger partial charge in [-0.1, -0.05) is 30.3 Å². The highest BCUT2D eigenvalue weighted by Gasteiger charge is 2.47. The van der Waals surface area contributed by atoms with Crippen molar-refractivity contribution in [2.45, 2.75) is 36.4 Å². The van der Waals surface area contributed by atoms with Crippen molar-refractivity contribution in [2.75, 3.05) is 6.61 Å². The largest absolute Gasteiger partial charge is 0.394 e. The fourth-order valence-electron chi connectivity index (χ4n) is 2.61. The van der Waals surface area contributed by atoms with E-state index >= 15 is 0 Å². The van der Waals surface area contributed by atoms with Gasteiger partial charge < -0.3 is 30.9 Å². The van der Waals surface area contributed by atoms with Gasteiger partial charge in [0.2, 0.25) is 0 Å². The van der Waals surface area contributed by atoms with Crippen LogP contribution in [0.5, 0.6) is 0 Å². The average Bonchev–Trinajstić information content (AvgIpc) is 2.48. The molecule has 7 N–H and O–H groups in total. The standard InChI is InChI=1S/C14H20N2O5/c15-14(16)9(7-4-2-1-3-5-7)13-12(20)11(19)10(18)8(6-17)21-13/h1-5,8-13,17-20H,6H2,(H3,15,16)/t8-,9?,10+,11+,12-,13+/m1/s1. The number of hydrogen-bond donors (Lipinski definition) is 6. The lowest BCUT2D eigenvalue weighted by Crippen LogP contribution is -2.61. The maximum atomic E-state index is 10.1. The molecule has 1 fully saturated rings. The van der Waals surface area contributed by atoms with Crippen molar-refractivity contribution in [3.05, 3.63) is 35.9 Å². The first-order valence-electron chi connectivity index (χ1n) is 6.66. The molecule has 1 aromatic carbocycles. The molecule has 0 aliphatic carbocycles. The number of hydrogen-bond acceptors (Lipinski definition) is 6. The molecule has 0 saturated carbocycles. The van der Waals surface area contributed by atoms with Gasteiger partial charge in [0.05, 0.1) is 12.5 Å². The van der Waals surface area contributed by atoms with Crippen molar-refractivity contribution in [1.29, 1.82) is 5.41 Å². The van der Waals surface area contributed by atoms with Crippen molar-refractivity contribution in [3.63, 3.8) is 0 Å². The molecule has 0 radical (unpaired) electrons. The van der Waals surface area contributed by atoms with Crippen LogP contribution in [-0.2, 0) is 4.74 Å². The molecule has 0 bridgehead atoms. The smallest absolute Gasteiger partial charge is 0.111 e. The molecule has 1 aliphatic rings. The summed E-state index contributed by atoms with van der Waals surface area (Å²) in [5.74, 6) is -1.01. The fourth-order valence-corrected chi connectivity index (χ4v) is 2.61. The number of aliphatic hydroxyl groups is 4. The van der Waals surface area contributed by atoms with Gasteiger partial charge in [-0.3, -0.25) is 5.41 Å². The zero-order chi connectivity index (χ0) is 15.6. The first-order valence-corrected chi connectivity index (χ1v) is 6.66. The van der Waals surface area contributed by atoms with Crippen LogP contribution in [0.15, 0.2) is 30.3 Å². The Morgan fingerprint density at radius 3 is 2.29 bits per heavy atom. The van der Waals surface area contributed by atoms with E-state index in [1.165, 1.54) is 0 Å². The molecule has 1 heterocycles. The number of nitrogens with two attached hydrogens (primary N) is 1. The SMILES string of the molecule is N=C(N)C(c1ccccc1)[C@@H]1O[C@H](CO)[C@H](O)[C@H](O)[C@H]1O. The second-order valence-corrected chi connectivity index (χ2v) is 5.14. The maximum Gasteiger partial charge on any atom is 0.111 e. The topological polar surface area (TPSA) is 140 Å². The summed E-state index contributed by atoms with van der Waals surface area (Å²) in [6.07, 6.45) is -6.37. The summed E-state index contributed by atoms with van der Waals surface area (Å²) in [7, 11) is 0. The van der Waals surface area contributed by atoms with Crippen LogP contribution in [0.25, 0.3) is 0 Å². The van der Waals surface area contributed by atoms with Crippen molar-refractivity contribution in [2.24, 2.45) is 5.73 Å². The van der Waals surface area contributed by atoms with Crippen LogP contribution in [0.4, 0.5) is 0 Å². The van der Waals surface area contributed by atoms with E-state index in [1.807, 2.05) is 0 Å². The van der Waals surface area contributed by atoms with Gasteiger partial charge in [-0.15, -0.1) is 0 Å². The predicted molar refractivity (Wildman–Crippen MR) is 74.9 cm³/mol. The minimum Gasteiger partial charge on any atom is -0.394 e. The number of benzene rings is 1. The van der Waals surface area contributed by atoms with Gasteiger partial charge in [-0.05, 0) is 5.56 Å². The zero-order valence-corrected chi connectivity index (χ0v) is 11.3. The van der Waals surface area contributed by atoms with Crippen molar-refractivity contribution in [3.8, 4) is 0 Å². The Kier molecular flexibility index (Phi) is 4.92. The molecule has 0 aromatic heterocycles. The monoisotopic (exact) mass is 296 g/mol. The minimum absolute atomic E-state index is 0.231. The van der Waals surface area contributed by atoms with Crippen LogP contribution >= 0.6 is 0 Å². The second-order valence-electron chi connectivity index (χ2n) is 5.14. The fraction of sp³-hybridized carbons (Fsp3) is 0.500. The van der Waals surface area contributed by atoms with Gasteiger partial charge in [0.15, 0.2) is 0 Å². The molecule has 7 nitrogen and oxygen atoms in total. The van der Waals surface area contributed by atoms with Gasteiger partial charge >= 0.3 is 0 Å². The van der Waals surface area contributed by atoms with Crippen LogP contribution in [0.1, 0.15) is 11.5 Å². The molecular formula is C14H20N2O5. The second kappa shape index (κ2) is 6.50. The van der Waals surface area contributed by atoms with Gasteiger partial charge in [0.1, 0.15) is 36.4 Å². The van der Waals surface area contributed by atoms with Crippen LogP contribution in [0, 0.1) is 5.41 Å². The predicted octanol–water partition coefficient (Wildman–Crippen LogP) is -1.45. The van der Waals surface area contributed by atoms with Gasteiger partial charge in [-0.2, -0.15) is 0 Å². The van der Waals surface area contributed by atoms with E-state index in [-0.39, 0.29) is 5.84 Å².